The summed E-state index contributed by atoms with van der Waals surface area (Å²) in [6.07, 6.45) is 6.71. The van der Waals surface area contributed by atoms with Crippen LogP contribution in [-0.2, 0) is 0 Å². The van der Waals surface area contributed by atoms with E-state index in [1.165, 1.54) is 38.6 Å². The fourth-order valence-electron chi connectivity index (χ4n) is 1.69. The Bertz CT molecular complexity index is 99.3. The third kappa shape index (κ3) is 7.06. The van der Waals surface area contributed by atoms with Crippen molar-refractivity contribution < 1.29 is 0 Å². The van der Waals surface area contributed by atoms with Crippen molar-refractivity contribution in [2.24, 2.45) is 5.92 Å². The van der Waals surface area contributed by atoms with E-state index >= 15 is 0 Å². The summed E-state index contributed by atoms with van der Waals surface area (Å²) in [5, 5.41) is 3.63. The first kappa shape index (κ1) is 13.0. The summed E-state index contributed by atoms with van der Waals surface area (Å²) in [7, 11) is 0. The minimum Gasteiger partial charge on any atom is -0.314 e. The largest absolute Gasteiger partial charge is 0.314 e. The lowest BCUT2D eigenvalue weighted by molar-refractivity contribution is 0.384. The molecule has 1 atom stereocenters. The summed E-state index contributed by atoms with van der Waals surface area (Å²) < 4.78 is 0. The van der Waals surface area contributed by atoms with Crippen molar-refractivity contribution in [3.05, 3.63) is 0 Å². The van der Waals surface area contributed by atoms with Gasteiger partial charge < -0.3 is 5.32 Å². The van der Waals surface area contributed by atoms with Gasteiger partial charge in [0.2, 0.25) is 0 Å². The molecule has 0 spiro atoms. The second-order valence-electron chi connectivity index (χ2n) is 4.27. The Labute approximate surface area is 84.3 Å². The Balaban J connectivity index is 3.28. The molecule has 0 aromatic heterocycles. The van der Waals surface area contributed by atoms with E-state index in [1.54, 1.807) is 0 Å². The van der Waals surface area contributed by atoms with Gasteiger partial charge in [0, 0.05) is 6.04 Å². The van der Waals surface area contributed by atoms with Gasteiger partial charge in [-0.15, -0.1) is 0 Å². The molecule has 0 aromatic carbocycles. The number of hydrogen-bond donors (Lipinski definition) is 1. The van der Waals surface area contributed by atoms with Gasteiger partial charge in [0.1, 0.15) is 0 Å². The maximum Gasteiger partial charge on any atom is 0.00874 e. The van der Waals surface area contributed by atoms with Gasteiger partial charge in [0.05, 0.1) is 0 Å². The van der Waals surface area contributed by atoms with Gasteiger partial charge in [-0.3, -0.25) is 0 Å². The van der Waals surface area contributed by atoms with Crippen LogP contribution < -0.4 is 5.32 Å². The summed E-state index contributed by atoms with van der Waals surface area (Å²) in [4.78, 5) is 0. The molecule has 0 amide bonds. The molecule has 0 rings (SSSR count). The predicted octanol–water partition coefficient (Wildman–Crippen LogP) is 3.59. The fraction of sp³-hybridized carbons (Fsp3) is 1.00. The Morgan fingerprint density at radius 3 is 2.15 bits per heavy atom. The zero-order valence-electron chi connectivity index (χ0n) is 9.90. The Kier molecular flexibility index (Phi) is 8.53. The Hall–Kier alpha value is -0.0400. The molecule has 0 aliphatic rings. The smallest absolute Gasteiger partial charge is 0.00874 e. The highest BCUT2D eigenvalue weighted by Crippen LogP contribution is 2.05. The predicted molar refractivity (Wildman–Crippen MR) is 61.1 cm³/mol. The number of nitrogens with one attached hydrogen (secondary N) is 1. The molecule has 0 aliphatic carbocycles. The minimum absolute atomic E-state index is 0.724. The summed E-state index contributed by atoms with van der Waals surface area (Å²) in [5.41, 5.74) is 0. The molecular formula is C12H27N. The van der Waals surface area contributed by atoms with Gasteiger partial charge in [-0.25, -0.2) is 0 Å². The highest BCUT2D eigenvalue weighted by Gasteiger charge is 2.08. The summed E-state index contributed by atoms with van der Waals surface area (Å²) in [5.74, 6) is 0.774. The minimum atomic E-state index is 0.724. The van der Waals surface area contributed by atoms with Gasteiger partial charge in [-0.05, 0) is 25.3 Å². The standard InChI is InChI=1S/C12H27N/c1-5-7-8-9-10-13-12(6-2)11(3)4/h11-13H,5-10H2,1-4H3/t12-/m1/s1. The molecule has 0 fully saturated rings. The fourth-order valence-corrected chi connectivity index (χ4v) is 1.69. The molecule has 80 valence electrons. The second kappa shape index (κ2) is 8.55. The molecule has 0 unspecified atom stereocenters. The van der Waals surface area contributed by atoms with Crippen LogP contribution >= 0.6 is 0 Å². The molecule has 1 N–H and O–H groups in total. The molecule has 0 aromatic rings. The van der Waals surface area contributed by atoms with Crippen molar-refractivity contribution in [3.8, 4) is 0 Å². The highest BCUT2D eigenvalue weighted by atomic mass is 14.9. The van der Waals surface area contributed by atoms with Crippen molar-refractivity contribution in [3.63, 3.8) is 0 Å². The zero-order chi connectivity index (χ0) is 10.1. The quantitative estimate of drug-likeness (QED) is 0.570. The Morgan fingerprint density at radius 2 is 1.69 bits per heavy atom. The Morgan fingerprint density at radius 1 is 1.00 bits per heavy atom. The van der Waals surface area contributed by atoms with Crippen LogP contribution in [0.5, 0.6) is 0 Å². The third-order valence-corrected chi connectivity index (χ3v) is 2.68. The molecule has 1 heteroatoms. The lowest BCUT2D eigenvalue weighted by Crippen LogP contribution is -2.33. The van der Waals surface area contributed by atoms with E-state index in [4.69, 9.17) is 0 Å². The van der Waals surface area contributed by atoms with Crippen LogP contribution in [0.3, 0.4) is 0 Å². The number of hydrogen-bond acceptors (Lipinski definition) is 1. The third-order valence-electron chi connectivity index (χ3n) is 2.68. The van der Waals surface area contributed by atoms with Crippen molar-refractivity contribution in [2.75, 3.05) is 6.54 Å². The first-order valence-corrected chi connectivity index (χ1v) is 5.95. The maximum atomic E-state index is 3.63. The zero-order valence-corrected chi connectivity index (χ0v) is 9.90. The van der Waals surface area contributed by atoms with Crippen LogP contribution in [0.1, 0.15) is 59.8 Å². The van der Waals surface area contributed by atoms with Crippen molar-refractivity contribution in [1.82, 2.24) is 5.32 Å². The summed E-state index contributed by atoms with van der Waals surface area (Å²) >= 11 is 0. The van der Waals surface area contributed by atoms with E-state index in [0.29, 0.717) is 0 Å². The molecule has 1 nitrogen and oxygen atoms in total. The summed E-state index contributed by atoms with van der Waals surface area (Å²) in [6.45, 7) is 10.3. The average Bonchev–Trinajstić information content (AvgIpc) is 2.10. The SMILES string of the molecule is CCCCCCN[C@H](CC)C(C)C. The molecule has 0 saturated heterocycles. The van der Waals surface area contributed by atoms with Crippen LogP contribution in [-0.4, -0.2) is 12.6 Å². The van der Waals surface area contributed by atoms with Crippen molar-refractivity contribution in [1.29, 1.82) is 0 Å². The van der Waals surface area contributed by atoms with E-state index in [9.17, 15) is 0 Å². The highest BCUT2D eigenvalue weighted by molar-refractivity contribution is 4.67. The lowest BCUT2D eigenvalue weighted by Gasteiger charge is -2.20. The molecule has 0 bridgehead atoms. The van der Waals surface area contributed by atoms with Crippen LogP contribution in [0, 0.1) is 5.92 Å². The van der Waals surface area contributed by atoms with Gasteiger partial charge in [-0.2, -0.15) is 0 Å². The van der Waals surface area contributed by atoms with E-state index < -0.39 is 0 Å². The molecule has 13 heavy (non-hydrogen) atoms. The van der Waals surface area contributed by atoms with E-state index in [0.717, 1.165) is 12.0 Å². The molecule has 0 radical (unpaired) electrons. The molecular weight excluding hydrogens is 158 g/mol. The van der Waals surface area contributed by atoms with Crippen LogP contribution in [0.4, 0.5) is 0 Å². The molecule has 0 aliphatic heterocycles. The monoisotopic (exact) mass is 185 g/mol. The number of rotatable bonds is 8. The van der Waals surface area contributed by atoms with Crippen LogP contribution in [0.15, 0.2) is 0 Å². The van der Waals surface area contributed by atoms with E-state index in [2.05, 4.69) is 33.0 Å². The summed E-state index contributed by atoms with van der Waals surface area (Å²) in [6, 6.07) is 0.724. The van der Waals surface area contributed by atoms with Gasteiger partial charge in [0.15, 0.2) is 0 Å². The van der Waals surface area contributed by atoms with Crippen molar-refractivity contribution in [2.45, 2.75) is 65.8 Å². The van der Waals surface area contributed by atoms with Gasteiger partial charge in [0.25, 0.3) is 0 Å². The first-order valence-electron chi connectivity index (χ1n) is 5.95. The normalized spacial score (nSPS) is 13.6. The van der Waals surface area contributed by atoms with E-state index in [1.807, 2.05) is 0 Å². The van der Waals surface area contributed by atoms with Crippen LogP contribution in [0.25, 0.3) is 0 Å². The maximum absolute atomic E-state index is 3.63. The van der Waals surface area contributed by atoms with E-state index in [-0.39, 0.29) is 0 Å². The molecule has 0 saturated carbocycles. The lowest BCUT2D eigenvalue weighted by atomic mass is 10.0. The number of unbranched alkanes of at least 4 members (excludes halogenated alkanes) is 3. The van der Waals surface area contributed by atoms with Crippen molar-refractivity contribution >= 4 is 0 Å². The topological polar surface area (TPSA) is 12.0 Å². The van der Waals surface area contributed by atoms with Gasteiger partial charge in [-0.1, -0.05) is 47.0 Å². The van der Waals surface area contributed by atoms with Crippen LogP contribution in [0.2, 0.25) is 0 Å². The second-order valence-corrected chi connectivity index (χ2v) is 4.27. The average molecular weight is 185 g/mol. The molecule has 0 heterocycles. The van der Waals surface area contributed by atoms with Gasteiger partial charge >= 0.3 is 0 Å². The first-order chi connectivity index (χ1) is 6.22.